The first kappa shape index (κ1) is 8.87. The normalized spacial score (nSPS) is 13.0. The van der Waals surface area contributed by atoms with Crippen LogP contribution in [0.25, 0.3) is 0 Å². The van der Waals surface area contributed by atoms with E-state index in [9.17, 15) is 0 Å². The lowest BCUT2D eigenvalue weighted by molar-refractivity contribution is 0.535. The van der Waals surface area contributed by atoms with Gasteiger partial charge in [-0.05, 0) is 19.9 Å². The Morgan fingerprint density at radius 3 is 2.86 bits per heavy atom. The lowest BCUT2D eigenvalue weighted by atomic mass is 10.2. The summed E-state index contributed by atoms with van der Waals surface area (Å²) in [6.07, 6.45) is 3.36. The van der Waals surface area contributed by atoms with E-state index < -0.39 is 0 Å². The highest BCUT2D eigenvalue weighted by molar-refractivity contribution is 5.32. The molecule has 0 saturated heterocycles. The molecule has 0 fully saturated rings. The first-order valence-electron chi connectivity index (χ1n) is 4.52. The highest BCUT2D eigenvalue weighted by atomic mass is 16.3. The summed E-state index contributed by atoms with van der Waals surface area (Å²) < 4.78 is 6.81. The predicted molar refractivity (Wildman–Crippen MR) is 53.9 cm³/mol. The molecule has 4 heteroatoms. The second-order valence-electron chi connectivity index (χ2n) is 3.39. The van der Waals surface area contributed by atoms with Gasteiger partial charge in [-0.25, -0.2) is 4.68 Å². The van der Waals surface area contributed by atoms with Crippen molar-refractivity contribution in [3.63, 3.8) is 0 Å². The molecule has 2 rings (SSSR count). The molecular formula is C10H13N3O. The number of aromatic nitrogens is 2. The molecule has 74 valence electrons. The van der Waals surface area contributed by atoms with E-state index in [1.165, 1.54) is 0 Å². The number of hydrogen-bond donors (Lipinski definition) is 1. The van der Waals surface area contributed by atoms with E-state index in [2.05, 4.69) is 5.10 Å². The maximum atomic E-state index is 5.82. The van der Waals surface area contributed by atoms with Crippen LogP contribution in [-0.2, 0) is 0 Å². The van der Waals surface area contributed by atoms with E-state index in [-0.39, 0.29) is 6.04 Å². The standard InChI is InChI=1S/C10H13N3O/c1-7-5-10(11)13(12-7)8(2)9-3-4-14-6-9/h3-6,8H,11H2,1-2H3. The number of furan rings is 1. The highest BCUT2D eigenvalue weighted by Crippen LogP contribution is 2.20. The molecule has 1 atom stereocenters. The molecule has 0 saturated carbocycles. The summed E-state index contributed by atoms with van der Waals surface area (Å²) in [5.41, 5.74) is 7.82. The number of nitrogen functional groups attached to an aromatic ring is 1. The van der Waals surface area contributed by atoms with Crippen molar-refractivity contribution in [1.29, 1.82) is 0 Å². The molecule has 0 amide bonds. The molecule has 0 bridgehead atoms. The summed E-state index contributed by atoms with van der Waals surface area (Å²) >= 11 is 0. The maximum Gasteiger partial charge on any atom is 0.122 e. The SMILES string of the molecule is Cc1cc(N)n(C(C)c2ccoc2)n1. The monoisotopic (exact) mass is 191 g/mol. The van der Waals surface area contributed by atoms with Crippen LogP contribution in [0.2, 0.25) is 0 Å². The molecule has 0 aromatic carbocycles. The van der Waals surface area contributed by atoms with Crippen molar-refractivity contribution in [2.75, 3.05) is 5.73 Å². The van der Waals surface area contributed by atoms with Crippen molar-refractivity contribution in [3.05, 3.63) is 35.9 Å². The van der Waals surface area contributed by atoms with Gasteiger partial charge in [0, 0.05) is 11.6 Å². The first-order valence-corrected chi connectivity index (χ1v) is 4.52. The first-order chi connectivity index (χ1) is 6.68. The Morgan fingerprint density at radius 1 is 1.57 bits per heavy atom. The van der Waals surface area contributed by atoms with Crippen molar-refractivity contribution >= 4 is 5.82 Å². The topological polar surface area (TPSA) is 57.0 Å². The average molecular weight is 191 g/mol. The Balaban J connectivity index is 2.36. The molecular weight excluding hydrogens is 178 g/mol. The molecule has 1 unspecified atom stereocenters. The Morgan fingerprint density at radius 2 is 2.36 bits per heavy atom. The van der Waals surface area contributed by atoms with Crippen molar-refractivity contribution in [1.82, 2.24) is 9.78 Å². The van der Waals surface area contributed by atoms with Gasteiger partial charge in [-0.15, -0.1) is 0 Å². The largest absolute Gasteiger partial charge is 0.472 e. The summed E-state index contributed by atoms with van der Waals surface area (Å²) in [6, 6.07) is 3.89. The predicted octanol–water partition coefficient (Wildman–Crippen LogP) is 1.98. The Kier molecular flexibility index (Phi) is 2.04. The van der Waals surface area contributed by atoms with Crippen molar-refractivity contribution in [2.45, 2.75) is 19.9 Å². The van der Waals surface area contributed by atoms with E-state index in [0.717, 1.165) is 11.3 Å². The Bertz CT molecular complexity index is 417. The summed E-state index contributed by atoms with van der Waals surface area (Å²) in [7, 11) is 0. The second-order valence-corrected chi connectivity index (χ2v) is 3.39. The minimum Gasteiger partial charge on any atom is -0.472 e. The number of anilines is 1. The molecule has 2 aromatic heterocycles. The van der Waals surface area contributed by atoms with Crippen molar-refractivity contribution < 1.29 is 4.42 Å². The zero-order chi connectivity index (χ0) is 10.1. The smallest absolute Gasteiger partial charge is 0.122 e. The lowest BCUT2D eigenvalue weighted by Gasteiger charge is -2.11. The number of hydrogen-bond acceptors (Lipinski definition) is 3. The van der Waals surface area contributed by atoms with Crippen molar-refractivity contribution in [3.8, 4) is 0 Å². The minimum absolute atomic E-state index is 0.113. The number of rotatable bonds is 2. The number of nitrogens with zero attached hydrogens (tertiary/aromatic N) is 2. The third kappa shape index (κ3) is 1.39. The molecule has 0 aliphatic carbocycles. The van der Waals surface area contributed by atoms with Crippen LogP contribution in [0, 0.1) is 6.92 Å². The van der Waals surface area contributed by atoms with Crippen LogP contribution in [0.3, 0.4) is 0 Å². The van der Waals surface area contributed by atoms with Crippen molar-refractivity contribution in [2.24, 2.45) is 0 Å². The molecule has 0 aliphatic heterocycles. The zero-order valence-corrected chi connectivity index (χ0v) is 8.27. The van der Waals surface area contributed by atoms with Gasteiger partial charge in [-0.2, -0.15) is 5.10 Å². The molecule has 2 N–H and O–H groups in total. The fourth-order valence-corrected chi connectivity index (χ4v) is 1.50. The van der Waals surface area contributed by atoms with Crippen LogP contribution < -0.4 is 5.73 Å². The fourth-order valence-electron chi connectivity index (χ4n) is 1.50. The van der Waals surface area contributed by atoms with Gasteiger partial charge in [0.2, 0.25) is 0 Å². The average Bonchev–Trinajstić information content (AvgIpc) is 2.73. The van der Waals surface area contributed by atoms with Crippen LogP contribution in [0.15, 0.2) is 29.1 Å². The number of aryl methyl sites for hydroxylation is 1. The molecule has 0 radical (unpaired) electrons. The van der Waals surface area contributed by atoms with Crippen LogP contribution in [0.5, 0.6) is 0 Å². The minimum atomic E-state index is 0.113. The third-order valence-electron chi connectivity index (χ3n) is 2.28. The van der Waals surface area contributed by atoms with Crippen LogP contribution in [0.1, 0.15) is 24.2 Å². The summed E-state index contributed by atoms with van der Waals surface area (Å²) in [4.78, 5) is 0. The van der Waals surface area contributed by atoms with E-state index in [1.54, 1.807) is 17.2 Å². The molecule has 0 spiro atoms. The molecule has 14 heavy (non-hydrogen) atoms. The third-order valence-corrected chi connectivity index (χ3v) is 2.28. The van der Waals surface area contributed by atoms with Crippen LogP contribution in [0.4, 0.5) is 5.82 Å². The fraction of sp³-hybridized carbons (Fsp3) is 0.300. The van der Waals surface area contributed by atoms with Crippen LogP contribution in [-0.4, -0.2) is 9.78 Å². The van der Waals surface area contributed by atoms with Gasteiger partial charge in [0.05, 0.1) is 24.3 Å². The number of nitrogens with two attached hydrogens (primary N) is 1. The summed E-state index contributed by atoms with van der Waals surface area (Å²) in [6.45, 7) is 3.96. The van der Waals surface area contributed by atoms with E-state index in [1.807, 2.05) is 26.0 Å². The Labute approximate surface area is 82.3 Å². The van der Waals surface area contributed by atoms with E-state index in [0.29, 0.717) is 5.82 Å². The van der Waals surface area contributed by atoms with Gasteiger partial charge in [-0.3, -0.25) is 0 Å². The van der Waals surface area contributed by atoms with Crippen LogP contribution >= 0.6 is 0 Å². The molecule has 0 aliphatic rings. The van der Waals surface area contributed by atoms with Gasteiger partial charge >= 0.3 is 0 Å². The molecule has 4 nitrogen and oxygen atoms in total. The Hall–Kier alpha value is -1.71. The van der Waals surface area contributed by atoms with Gasteiger partial charge in [0.15, 0.2) is 0 Å². The highest BCUT2D eigenvalue weighted by Gasteiger charge is 2.12. The zero-order valence-electron chi connectivity index (χ0n) is 8.27. The molecule has 2 heterocycles. The van der Waals surface area contributed by atoms with Gasteiger partial charge < -0.3 is 10.2 Å². The van der Waals surface area contributed by atoms with Gasteiger partial charge in [-0.1, -0.05) is 0 Å². The second kappa shape index (κ2) is 3.21. The lowest BCUT2D eigenvalue weighted by Crippen LogP contribution is -2.10. The quantitative estimate of drug-likeness (QED) is 0.789. The molecule has 2 aromatic rings. The van der Waals surface area contributed by atoms with E-state index in [4.69, 9.17) is 10.2 Å². The summed E-state index contributed by atoms with van der Waals surface area (Å²) in [5.74, 6) is 0.677. The maximum absolute atomic E-state index is 5.82. The van der Waals surface area contributed by atoms with E-state index >= 15 is 0 Å². The van der Waals surface area contributed by atoms with Gasteiger partial charge in [0.25, 0.3) is 0 Å². The summed E-state index contributed by atoms with van der Waals surface area (Å²) in [5, 5.41) is 4.32. The van der Waals surface area contributed by atoms with Gasteiger partial charge in [0.1, 0.15) is 5.82 Å².